The van der Waals surface area contributed by atoms with Gasteiger partial charge in [-0.15, -0.1) is 0 Å². The Labute approximate surface area is 156 Å². The first-order valence-corrected chi connectivity index (χ1v) is 8.45. The third kappa shape index (κ3) is 5.08. The van der Waals surface area contributed by atoms with Crippen LogP contribution >= 0.6 is 34.8 Å². The van der Waals surface area contributed by atoms with E-state index in [2.05, 4.69) is 0 Å². The van der Waals surface area contributed by atoms with E-state index in [-0.39, 0.29) is 6.61 Å². The van der Waals surface area contributed by atoms with E-state index in [1.54, 1.807) is 19.2 Å². The molecule has 0 aliphatic rings. The van der Waals surface area contributed by atoms with Crippen LogP contribution in [0.25, 0.3) is 0 Å². The molecule has 0 aromatic heterocycles. The van der Waals surface area contributed by atoms with Crippen LogP contribution in [0.15, 0.2) is 30.3 Å². The topological polar surface area (TPSA) is 53.7 Å². The summed E-state index contributed by atoms with van der Waals surface area (Å²) >= 11 is 18.0. The van der Waals surface area contributed by atoms with Crippen molar-refractivity contribution in [1.82, 2.24) is 0 Å². The molecule has 2 N–H and O–H groups in total. The summed E-state index contributed by atoms with van der Waals surface area (Å²) in [5.74, 6) is 1.68. The van der Waals surface area contributed by atoms with Crippen LogP contribution in [0, 0.1) is 0 Å². The molecule has 4 nitrogen and oxygen atoms in total. The zero-order valence-electron chi connectivity index (χ0n) is 13.2. The van der Waals surface area contributed by atoms with Gasteiger partial charge >= 0.3 is 0 Å². The number of halogens is 3. The monoisotopic (exact) mass is 389 g/mol. The number of hydrogen-bond acceptors (Lipinski definition) is 4. The fourth-order valence-corrected chi connectivity index (χ4v) is 3.04. The molecule has 2 aromatic carbocycles. The summed E-state index contributed by atoms with van der Waals surface area (Å²) in [5.41, 5.74) is 6.65. The zero-order chi connectivity index (χ0) is 17.5. The first-order chi connectivity index (χ1) is 11.5. The summed E-state index contributed by atoms with van der Waals surface area (Å²) in [6.45, 7) is 1.16. The van der Waals surface area contributed by atoms with E-state index in [0.717, 1.165) is 12.0 Å². The molecule has 0 spiro atoms. The maximum Gasteiger partial charge on any atom is 0.161 e. The average molecular weight is 391 g/mol. The van der Waals surface area contributed by atoms with Gasteiger partial charge in [-0.1, -0.05) is 40.9 Å². The predicted octanol–water partition coefficient (Wildman–Crippen LogP) is 4.61. The minimum atomic E-state index is 0.273. The number of ether oxygens (including phenoxy) is 3. The predicted molar refractivity (Wildman–Crippen MR) is 98.2 cm³/mol. The first-order valence-electron chi connectivity index (χ1n) is 7.32. The van der Waals surface area contributed by atoms with E-state index in [1.165, 1.54) is 0 Å². The zero-order valence-corrected chi connectivity index (χ0v) is 15.4. The van der Waals surface area contributed by atoms with E-state index < -0.39 is 0 Å². The molecule has 0 aliphatic heterocycles. The molecular formula is C17H18Cl3NO3. The minimum Gasteiger partial charge on any atom is -0.493 e. The molecule has 130 valence electrons. The van der Waals surface area contributed by atoms with E-state index in [0.29, 0.717) is 45.5 Å². The van der Waals surface area contributed by atoms with Gasteiger partial charge in [0.25, 0.3) is 0 Å². The molecule has 0 unspecified atom stereocenters. The Morgan fingerprint density at radius 1 is 0.917 bits per heavy atom. The second-order valence-corrected chi connectivity index (χ2v) is 6.17. The van der Waals surface area contributed by atoms with Gasteiger partial charge in [-0.2, -0.15) is 0 Å². The van der Waals surface area contributed by atoms with Crippen LogP contribution in [-0.4, -0.2) is 26.9 Å². The van der Waals surface area contributed by atoms with Crippen molar-refractivity contribution in [2.24, 2.45) is 5.73 Å². The second-order valence-electron chi connectivity index (χ2n) is 4.92. The highest BCUT2D eigenvalue weighted by atomic mass is 35.5. The van der Waals surface area contributed by atoms with Crippen molar-refractivity contribution in [2.75, 3.05) is 26.9 Å². The van der Waals surface area contributed by atoms with Gasteiger partial charge in [0.05, 0.1) is 17.2 Å². The molecule has 0 aliphatic carbocycles. The van der Waals surface area contributed by atoms with Crippen molar-refractivity contribution in [3.8, 4) is 17.2 Å². The number of methoxy groups -OCH3 is 1. The lowest BCUT2D eigenvalue weighted by molar-refractivity contribution is 0.211. The Balaban J connectivity index is 1.93. The molecule has 7 heteroatoms. The molecule has 0 radical (unpaired) electrons. The molecule has 0 amide bonds. The van der Waals surface area contributed by atoms with E-state index in [4.69, 9.17) is 54.7 Å². The quantitative estimate of drug-likeness (QED) is 0.669. The Morgan fingerprint density at radius 2 is 1.58 bits per heavy atom. The average Bonchev–Trinajstić information content (AvgIpc) is 2.54. The highest BCUT2D eigenvalue weighted by Crippen LogP contribution is 2.35. The summed E-state index contributed by atoms with van der Waals surface area (Å²) in [5, 5.41) is 1.17. The third-order valence-corrected chi connectivity index (χ3v) is 3.99. The van der Waals surface area contributed by atoms with Gasteiger partial charge in [0, 0.05) is 5.02 Å². The molecule has 0 saturated heterocycles. The van der Waals surface area contributed by atoms with E-state index >= 15 is 0 Å². The lowest BCUT2D eigenvalue weighted by Crippen LogP contribution is -2.10. The fourth-order valence-electron chi connectivity index (χ4n) is 2.12. The number of benzene rings is 2. The van der Waals surface area contributed by atoms with Crippen LogP contribution in [0.5, 0.6) is 17.2 Å². The lowest BCUT2D eigenvalue weighted by atomic mass is 10.1. The number of nitrogens with two attached hydrogens (primary N) is 1. The van der Waals surface area contributed by atoms with E-state index in [9.17, 15) is 0 Å². The van der Waals surface area contributed by atoms with Crippen LogP contribution in [0.4, 0.5) is 0 Å². The van der Waals surface area contributed by atoms with Crippen molar-refractivity contribution in [2.45, 2.75) is 6.42 Å². The van der Waals surface area contributed by atoms with Crippen LogP contribution in [0.3, 0.4) is 0 Å². The van der Waals surface area contributed by atoms with Gasteiger partial charge in [-0.05, 0) is 42.8 Å². The van der Waals surface area contributed by atoms with Crippen LogP contribution < -0.4 is 19.9 Å². The smallest absolute Gasteiger partial charge is 0.161 e. The van der Waals surface area contributed by atoms with Crippen molar-refractivity contribution >= 4 is 34.8 Å². The Kier molecular flexibility index (Phi) is 7.31. The van der Waals surface area contributed by atoms with Gasteiger partial charge in [0.15, 0.2) is 17.2 Å². The molecule has 2 aromatic rings. The van der Waals surface area contributed by atoms with Gasteiger partial charge in [-0.3, -0.25) is 0 Å². The largest absolute Gasteiger partial charge is 0.493 e. The summed E-state index contributed by atoms with van der Waals surface area (Å²) in [4.78, 5) is 0. The highest BCUT2D eigenvalue weighted by Gasteiger charge is 2.10. The first kappa shape index (κ1) is 19.0. The number of hydrogen-bond donors (Lipinski definition) is 1. The summed E-state index contributed by atoms with van der Waals surface area (Å²) < 4.78 is 16.6. The van der Waals surface area contributed by atoms with Crippen LogP contribution in [0.1, 0.15) is 5.56 Å². The highest BCUT2D eigenvalue weighted by molar-refractivity contribution is 6.40. The fraction of sp³-hybridized carbons (Fsp3) is 0.294. The van der Waals surface area contributed by atoms with Gasteiger partial charge in [-0.25, -0.2) is 0 Å². The van der Waals surface area contributed by atoms with E-state index in [1.807, 2.05) is 18.2 Å². The SMILES string of the molecule is COc1cc(CCN)ccc1OCCOc1c(Cl)cc(Cl)cc1Cl. The Hall–Kier alpha value is -1.33. The lowest BCUT2D eigenvalue weighted by Gasteiger charge is -2.14. The Morgan fingerprint density at radius 3 is 2.21 bits per heavy atom. The molecule has 0 bridgehead atoms. The second kappa shape index (κ2) is 9.23. The number of rotatable bonds is 8. The van der Waals surface area contributed by atoms with Crippen molar-refractivity contribution in [3.05, 3.63) is 51.0 Å². The molecule has 0 fully saturated rings. The molecule has 24 heavy (non-hydrogen) atoms. The van der Waals surface area contributed by atoms with Gasteiger partial charge in [0.1, 0.15) is 13.2 Å². The Bertz CT molecular complexity index is 672. The molecular weight excluding hydrogens is 373 g/mol. The molecule has 0 atom stereocenters. The molecule has 0 heterocycles. The summed E-state index contributed by atoms with van der Waals surface area (Å²) in [6.07, 6.45) is 0.785. The van der Waals surface area contributed by atoms with Crippen LogP contribution in [-0.2, 0) is 6.42 Å². The standard InChI is InChI=1S/C17H18Cl3NO3/c1-22-16-8-11(4-5-21)2-3-15(16)23-6-7-24-17-13(19)9-12(18)10-14(17)20/h2-3,8-10H,4-7,21H2,1H3. The van der Waals surface area contributed by atoms with Crippen molar-refractivity contribution in [3.63, 3.8) is 0 Å². The van der Waals surface area contributed by atoms with Gasteiger partial charge in [0.2, 0.25) is 0 Å². The maximum absolute atomic E-state index is 6.06. The van der Waals surface area contributed by atoms with Crippen molar-refractivity contribution in [1.29, 1.82) is 0 Å². The summed E-state index contributed by atoms with van der Waals surface area (Å²) in [6, 6.07) is 8.87. The summed E-state index contributed by atoms with van der Waals surface area (Å²) in [7, 11) is 1.60. The normalized spacial score (nSPS) is 10.5. The van der Waals surface area contributed by atoms with Gasteiger partial charge < -0.3 is 19.9 Å². The van der Waals surface area contributed by atoms with Crippen LogP contribution in [0.2, 0.25) is 15.1 Å². The minimum absolute atomic E-state index is 0.273. The van der Waals surface area contributed by atoms with Crippen molar-refractivity contribution < 1.29 is 14.2 Å². The maximum atomic E-state index is 6.06. The molecule has 2 rings (SSSR count). The molecule has 0 saturated carbocycles. The third-order valence-electron chi connectivity index (χ3n) is 3.21.